The van der Waals surface area contributed by atoms with E-state index in [1.165, 1.54) is 0 Å². The van der Waals surface area contributed by atoms with Crippen molar-refractivity contribution in [1.82, 2.24) is 10.3 Å². The molecule has 2 heterocycles. The first-order chi connectivity index (χ1) is 12.7. The topological polar surface area (TPSA) is 54.5 Å². The lowest BCUT2D eigenvalue weighted by atomic mass is 9.91. The second kappa shape index (κ2) is 9.78. The summed E-state index contributed by atoms with van der Waals surface area (Å²) in [7, 11) is 0. The Labute approximate surface area is 168 Å². The minimum Gasteiger partial charge on any atom is -0.375 e. The van der Waals surface area contributed by atoms with Gasteiger partial charge in [0.2, 0.25) is 0 Å². The highest BCUT2D eigenvalue weighted by Crippen LogP contribution is 2.28. The summed E-state index contributed by atoms with van der Waals surface area (Å²) in [5, 5.41) is 3.92. The van der Waals surface area contributed by atoms with Gasteiger partial charge in [0.15, 0.2) is 0 Å². The zero-order chi connectivity index (χ0) is 20.0. The van der Waals surface area contributed by atoms with Crippen LogP contribution in [0, 0.1) is 12.3 Å². The Hall–Kier alpha value is -1.27. The summed E-state index contributed by atoms with van der Waals surface area (Å²) in [6.45, 7) is 16.0. The van der Waals surface area contributed by atoms with Crippen molar-refractivity contribution in [3.63, 3.8) is 0 Å². The average molecular weight is 394 g/mol. The summed E-state index contributed by atoms with van der Waals surface area (Å²) in [5.74, 6) is 1.83. The van der Waals surface area contributed by atoms with E-state index in [2.05, 4.69) is 44.8 Å². The third kappa shape index (κ3) is 6.68. The number of aryl methyl sites for hydroxylation is 1. The van der Waals surface area contributed by atoms with Gasteiger partial charge in [-0.15, -0.1) is 11.8 Å². The monoisotopic (exact) mass is 393 g/mol. The lowest BCUT2D eigenvalue weighted by Crippen LogP contribution is -2.41. The predicted molar refractivity (Wildman–Crippen MR) is 114 cm³/mol. The number of hydrogen-bond donors (Lipinski definition) is 1. The minimum absolute atomic E-state index is 0.00763. The molecule has 0 saturated carbocycles. The summed E-state index contributed by atoms with van der Waals surface area (Å²) < 4.78 is 5.64. The summed E-state index contributed by atoms with van der Waals surface area (Å²) in [4.78, 5) is 19.9. The molecule has 27 heavy (non-hydrogen) atoms. The molecule has 1 amide bonds. The highest BCUT2D eigenvalue weighted by molar-refractivity contribution is 7.99. The molecule has 1 aliphatic rings. The van der Waals surface area contributed by atoms with Gasteiger partial charge in [0.1, 0.15) is 10.8 Å². The van der Waals surface area contributed by atoms with Gasteiger partial charge in [0, 0.05) is 19.6 Å². The van der Waals surface area contributed by atoms with Crippen LogP contribution in [0.2, 0.25) is 0 Å². The number of nitrogens with zero attached hydrogens (tertiary/aromatic N) is 2. The van der Waals surface area contributed by atoms with E-state index in [0.717, 1.165) is 53.7 Å². The molecular formula is C21H35N3O2S. The van der Waals surface area contributed by atoms with Crippen LogP contribution in [0.15, 0.2) is 11.1 Å². The zero-order valence-corrected chi connectivity index (χ0v) is 18.5. The van der Waals surface area contributed by atoms with Crippen molar-refractivity contribution in [2.24, 2.45) is 5.41 Å². The fourth-order valence-corrected chi connectivity index (χ4v) is 4.07. The molecule has 1 aliphatic heterocycles. The number of hydrogen-bond acceptors (Lipinski definition) is 5. The van der Waals surface area contributed by atoms with Crippen molar-refractivity contribution in [3.8, 4) is 0 Å². The first-order valence-corrected chi connectivity index (χ1v) is 11.0. The molecule has 5 nitrogen and oxygen atoms in total. The molecule has 0 bridgehead atoms. The van der Waals surface area contributed by atoms with Gasteiger partial charge in [0.25, 0.3) is 5.91 Å². The van der Waals surface area contributed by atoms with E-state index in [1.807, 2.05) is 13.0 Å². The molecule has 0 spiro atoms. The molecule has 6 heteroatoms. The molecule has 0 aliphatic carbocycles. The van der Waals surface area contributed by atoms with E-state index in [0.29, 0.717) is 18.6 Å². The molecule has 1 fully saturated rings. The Kier molecular flexibility index (Phi) is 7.98. The van der Waals surface area contributed by atoms with Gasteiger partial charge >= 0.3 is 0 Å². The number of pyridine rings is 1. The Morgan fingerprint density at radius 1 is 1.44 bits per heavy atom. The Morgan fingerprint density at radius 2 is 2.19 bits per heavy atom. The molecule has 0 radical (unpaired) electrons. The molecule has 0 aromatic carbocycles. The standard InChI is InChI=1S/C21H35N3O2S/c1-7-27-20-18(19(25)22-10-8-9-21(4,5)6)15(2)13-17(23-20)24-11-12-26-16(3)14-24/h13,16H,7-12,14H2,1-6H3,(H,22,25)/t16-/m1/s1. The van der Waals surface area contributed by atoms with Crippen molar-refractivity contribution < 1.29 is 9.53 Å². The molecule has 1 aromatic heterocycles. The third-order valence-electron chi connectivity index (χ3n) is 4.63. The molecule has 1 N–H and O–H groups in total. The van der Waals surface area contributed by atoms with Crippen LogP contribution in [0.5, 0.6) is 0 Å². The number of ether oxygens (including phenoxy) is 1. The van der Waals surface area contributed by atoms with Crippen LogP contribution in [-0.4, -0.2) is 49.0 Å². The first-order valence-electron chi connectivity index (χ1n) is 10.0. The number of carbonyl (C=O) groups excluding carboxylic acids is 1. The number of aromatic nitrogens is 1. The van der Waals surface area contributed by atoms with Crippen molar-refractivity contribution in [2.75, 3.05) is 36.9 Å². The van der Waals surface area contributed by atoms with Gasteiger partial charge in [0.05, 0.1) is 18.3 Å². The van der Waals surface area contributed by atoms with Crippen LogP contribution in [0.3, 0.4) is 0 Å². The van der Waals surface area contributed by atoms with Crippen LogP contribution < -0.4 is 10.2 Å². The molecule has 1 aromatic rings. The number of rotatable bonds is 7. The summed E-state index contributed by atoms with van der Waals surface area (Å²) >= 11 is 1.64. The van der Waals surface area contributed by atoms with E-state index in [-0.39, 0.29) is 12.0 Å². The number of morpholine rings is 1. The number of amides is 1. The molecule has 0 unspecified atom stereocenters. The predicted octanol–water partition coefficient (Wildman–Crippen LogP) is 4.28. The maximum absolute atomic E-state index is 12.8. The Balaban J connectivity index is 2.14. The van der Waals surface area contributed by atoms with E-state index in [9.17, 15) is 4.79 Å². The van der Waals surface area contributed by atoms with Gasteiger partial charge in [-0.2, -0.15) is 0 Å². The van der Waals surface area contributed by atoms with Crippen LogP contribution in [0.25, 0.3) is 0 Å². The van der Waals surface area contributed by atoms with Gasteiger partial charge in [-0.05, 0) is 49.5 Å². The second-order valence-corrected chi connectivity index (χ2v) is 9.71. The van der Waals surface area contributed by atoms with Crippen LogP contribution >= 0.6 is 11.8 Å². The first kappa shape index (κ1) is 22.0. The fraction of sp³-hybridized carbons (Fsp3) is 0.714. The highest BCUT2D eigenvalue weighted by atomic mass is 32.2. The molecule has 152 valence electrons. The van der Waals surface area contributed by atoms with E-state index in [1.54, 1.807) is 11.8 Å². The highest BCUT2D eigenvalue weighted by Gasteiger charge is 2.22. The molecular weight excluding hydrogens is 358 g/mol. The summed E-state index contributed by atoms with van der Waals surface area (Å²) in [5.41, 5.74) is 2.01. The maximum atomic E-state index is 12.8. The number of carbonyl (C=O) groups is 1. The van der Waals surface area contributed by atoms with Crippen LogP contribution in [-0.2, 0) is 4.74 Å². The normalized spacial score (nSPS) is 17.9. The van der Waals surface area contributed by atoms with E-state index >= 15 is 0 Å². The second-order valence-electron chi connectivity index (χ2n) is 8.46. The fourth-order valence-electron chi connectivity index (χ4n) is 3.24. The molecule has 2 rings (SSSR count). The Morgan fingerprint density at radius 3 is 2.81 bits per heavy atom. The van der Waals surface area contributed by atoms with E-state index < -0.39 is 0 Å². The SMILES string of the molecule is CCSc1nc(N2CCO[C@H](C)C2)cc(C)c1C(=O)NCCCC(C)(C)C. The van der Waals surface area contributed by atoms with Crippen molar-refractivity contribution in [2.45, 2.75) is 65.5 Å². The van der Waals surface area contributed by atoms with Crippen molar-refractivity contribution in [3.05, 3.63) is 17.2 Å². The van der Waals surface area contributed by atoms with Crippen molar-refractivity contribution in [1.29, 1.82) is 0 Å². The summed E-state index contributed by atoms with van der Waals surface area (Å²) in [6.07, 6.45) is 2.28. The maximum Gasteiger partial charge on any atom is 0.254 e. The Bertz CT molecular complexity index is 643. The van der Waals surface area contributed by atoms with Gasteiger partial charge in [-0.3, -0.25) is 4.79 Å². The van der Waals surface area contributed by atoms with Gasteiger partial charge < -0.3 is 15.0 Å². The third-order valence-corrected chi connectivity index (χ3v) is 5.49. The molecule has 1 atom stereocenters. The summed E-state index contributed by atoms with van der Waals surface area (Å²) in [6, 6.07) is 2.04. The van der Waals surface area contributed by atoms with Crippen LogP contribution in [0.4, 0.5) is 5.82 Å². The quantitative estimate of drug-likeness (QED) is 0.553. The minimum atomic E-state index is -0.00763. The number of nitrogens with one attached hydrogen (secondary N) is 1. The lowest BCUT2D eigenvalue weighted by molar-refractivity contribution is 0.0529. The number of anilines is 1. The molecule has 1 saturated heterocycles. The van der Waals surface area contributed by atoms with Gasteiger partial charge in [-0.25, -0.2) is 4.98 Å². The average Bonchev–Trinajstić information content (AvgIpc) is 2.57. The largest absolute Gasteiger partial charge is 0.375 e. The number of thioether (sulfide) groups is 1. The van der Waals surface area contributed by atoms with Gasteiger partial charge in [-0.1, -0.05) is 27.7 Å². The zero-order valence-electron chi connectivity index (χ0n) is 17.7. The van der Waals surface area contributed by atoms with E-state index in [4.69, 9.17) is 9.72 Å². The van der Waals surface area contributed by atoms with Crippen molar-refractivity contribution >= 4 is 23.5 Å². The smallest absolute Gasteiger partial charge is 0.254 e. The van der Waals surface area contributed by atoms with Crippen LogP contribution in [0.1, 0.15) is 63.4 Å². The lowest BCUT2D eigenvalue weighted by Gasteiger charge is -2.32.